The van der Waals surface area contributed by atoms with Crippen LogP contribution in [0.25, 0.3) is 0 Å². The first-order valence-corrected chi connectivity index (χ1v) is 7.90. The van der Waals surface area contributed by atoms with Gasteiger partial charge < -0.3 is 9.84 Å². The number of thiazole rings is 1. The predicted molar refractivity (Wildman–Crippen MR) is 81.3 cm³/mol. The fourth-order valence-electron chi connectivity index (χ4n) is 2.13. The monoisotopic (exact) mass is 303 g/mol. The van der Waals surface area contributed by atoms with Crippen LogP contribution >= 0.6 is 11.3 Å². The second kappa shape index (κ2) is 5.85. The quantitative estimate of drug-likeness (QED) is 0.887. The van der Waals surface area contributed by atoms with E-state index in [1.54, 1.807) is 5.38 Å². The SMILES string of the molecule is Cc1ccc(OCC2CC2)c(Cc2nc(C(=O)O)cs2)c1. The first-order valence-electron chi connectivity index (χ1n) is 7.02. The van der Waals surface area contributed by atoms with Gasteiger partial charge in [0.15, 0.2) is 5.69 Å². The fraction of sp³-hybridized carbons (Fsp3) is 0.375. The Labute approximate surface area is 127 Å². The molecule has 2 aromatic rings. The third-order valence-corrected chi connectivity index (χ3v) is 4.35. The van der Waals surface area contributed by atoms with Gasteiger partial charge in [-0.1, -0.05) is 17.7 Å². The summed E-state index contributed by atoms with van der Waals surface area (Å²) in [7, 11) is 0. The summed E-state index contributed by atoms with van der Waals surface area (Å²) >= 11 is 1.38. The van der Waals surface area contributed by atoms with Crippen LogP contribution in [0.3, 0.4) is 0 Å². The van der Waals surface area contributed by atoms with Crippen molar-refractivity contribution in [3.63, 3.8) is 0 Å². The molecule has 0 atom stereocenters. The number of hydrogen-bond acceptors (Lipinski definition) is 4. The molecule has 0 radical (unpaired) electrons. The number of ether oxygens (including phenoxy) is 1. The Bertz CT molecular complexity index is 661. The van der Waals surface area contributed by atoms with Gasteiger partial charge in [-0.05, 0) is 31.7 Å². The molecule has 1 aromatic heterocycles. The van der Waals surface area contributed by atoms with E-state index in [0.29, 0.717) is 12.3 Å². The molecule has 21 heavy (non-hydrogen) atoms. The molecule has 110 valence electrons. The number of aromatic carboxylic acids is 1. The Morgan fingerprint density at radius 2 is 2.29 bits per heavy atom. The van der Waals surface area contributed by atoms with Crippen molar-refractivity contribution in [2.45, 2.75) is 26.2 Å². The van der Waals surface area contributed by atoms with Gasteiger partial charge in [0.05, 0.1) is 11.6 Å². The number of rotatable bonds is 6. The van der Waals surface area contributed by atoms with Gasteiger partial charge in [0.25, 0.3) is 0 Å². The van der Waals surface area contributed by atoms with Crippen LogP contribution in [0.15, 0.2) is 23.6 Å². The molecule has 1 N–H and O–H groups in total. The topological polar surface area (TPSA) is 59.4 Å². The van der Waals surface area contributed by atoms with Gasteiger partial charge in [0.2, 0.25) is 0 Å². The average Bonchev–Trinajstić information content (AvgIpc) is 3.15. The molecule has 0 unspecified atom stereocenters. The molecular weight excluding hydrogens is 286 g/mol. The third-order valence-electron chi connectivity index (χ3n) is 3.50. The van der Waals surface area contributed by atoms with Gasteiger partial charge in [-0.15, -0.1) is 11.3 Å². The molecule has 1 aliphatic carbocycles. The minimum atomic E-state index is -0.980. The minimum Gasteiger partial charge on any atom is -0.493 e. The number of aryl methyl sites for hydroxylation is 1. The summed E-state index contributed by atoms with van der Waals surface area (Å²) in [5.41, 5.74) is 2.35. The molecule has 5 heteroatoms. The lowest BCUT2D eigenvalue weighted by Crippen LogP contribution is -2.03. The summed E-state index contributed by atoms with van der Waals surface area (Å²) in [5, 5.41) is 11.3. The second-order valence-corrected chi connectivity index (χ2v) is 6.42. The van der Waals surface area contributed by atoms with Crippen LogP contribution in [0.1, 0.15) is 39.5 Å². The smallest absolute Gasteiger partial charge is 0.355 e. The molecule has 1 aromatic carbocycles. The van der Waals surface area contributed by atoms with Crippen molar-refractivity contribution in [1.82, 2.24) is 4.98 Å². The Kier molecular flexibility index (Phi) is 3.92. The van der Waals surface area contributed by atoms with E-state index < -0.39 is 5.97 Å². The predicted octanol–water partition coefficient (Wildman–Crippen LogP) is 3.53. The maximum atomic E-state index is 10.9. The van der Waals surface area contributed by atoms with Crippen LogP contribution in [0, 0.1) is 12.8 Å². The van der Waals surface area contributed by atoms with E-state index >= 15 is 0 Å². The Morgan fingerprint density at radius 3 is 2.95 bits per heavy atom. The highest BCUT2D eigenvalue weighted by Crippen LogP contribution is 2.31. The molecule has 0 spiro atoms. The van der Waals surface area contributed by atoms with Gasteiger partial charge in [-0.25, -0.2) is 9.78 Å². The molecule has 0 bridgehead atoms. The number of carboxylic acid groups (broad SMARTS) is 1. The van der Waals surface area contributed by atoms with Crippen molar-refractivity contribution in [3.8, 4) is 5.75 Å². The fourth-order valence-corrected chi connectivity index (χ4v) is 2.92. The van der Waals surface area contributed by atoms with Crippen molar-refractivity contribution in [1.29, 1.82) is 0 Å². The van der Waals surface area contributed by atoms with Crippen LogP contribution < -0.4 is 4.74 Å². The van der Waals surface area contributed by atoms with Gasteiger partial charge in [0.1, 0.15) is 5.75 Å². The first-order chi connectivity index (χ1) is 10.1. The maximum absolute atomic E-state index is 10.9. The Balaban J connectivity index is 1.77. The van der Waals surface area contributed by atoms with E-state index in [1.807, 2.05) is 19.1 Å². The summed E-state index contributed by atoms with van der Waals surface area (Å²) in [6.07, 6.45) is 3.13. The highest BCUT2D eigenvalue weighted by molar-refractivity contribution is 7.09. The van der Waals surface area contributed by atoms with E-state index in [-0.39, 0.29) is 5.69 Å². The van der Waals surface area contributed by atoms with Crippen LogP contribution in [0.4, 0.5) is 0 Å². The number of hydrogen-bond donors (Lipinski definition) is 1. The normalized spacial score (nSPS) is 14.1. The molecule has 3 rings (SSSR count). The van der Waals surface area contributed by atoms with Gasteiger partial charge in [0, 0.05) is 17.4 Å². The number of benzene rings is 1. The van der Waals surface area contributed by atoms with E-state index in [4.69, 9.17) is 9.84 Å². The van der Waals surface area contributed by atoms with E-state index in [9.17, 15) is 4.79 Å². The highest BCUT2D eigenvalue weighted by atomic mass is 32.1. The first kappa shape index (κ1) is 14.1. The second-order valence-electron chi connectivity index (χ2n) is 5.47. The molecule has 1 fully saturated rings. The van der Waals surface area contributed by atoms with Gasteiger partial charge in [-0.3, -0.25) is 0 Å². The molecule has 1 heterocycles. The standard InChI is InChI=1S/C16H17NO3S/c1-10-2-5-14(20-8-11-3-4-11)12(6-10)7-15-17-13(9-21-15)16(18)19/h2,5-6,9,11H,3-4,7-8H2,1H3,(H,18,19). The van der Waals surface area contributed by atoms with Crippen LogP contribution in [-0.2, 0) is 6.42 Å². The summed E-state index contributed by atoms with van der Waals surface area (Å²) < 4.78 is 5.90. The van der Waals surface area contributed by atoms with Crippen molar-refractivity contribution in [3.05, 3.63) is 45.4 Å². The highest BCUT2D eigenvalue weighted by Gasteiger charge is 2.22. The van der Waals surface area contributed by atoms with Crippen molar-refractivity contribution in [2.24, 2.45) is 5.92 Å². The van der Waals surface area contributed by atoms with Crippen LogP contribution in [0.2, 0.25) is 0 Å². The van der Waals surface area contributed by atoms with Crippen molar-refractivity contribution >= 4 is 17.3 Å². The minimum absolute atomic E-state index is 0.114. The number of carbonyl (C=O) groups is 1. The summed E-state index contributed by atoms with van der Waals surface area (Å²) in [6, 6.07) is 6.12. The Hall–Kier alpha value is -1.88. The molecule has 1 saturated carbocycles. The molecule has 0 aliphatic heterocycles. The number of aromatic nitrogens is 1. The number of nitrogens with zero attached hydrogens (tertiary/aromatic N) is 1. The molecular formula is C16H17NO3S. The summed E-state index contributed by atoms with van der Waals surface area (Å²) in [6.45, 7) is 2.81. The average molecular weight is 303 g/mol. The number of carboxylic acids is 1. The van der Waals surface area contributed by atoms with Gasteiger partial charge >= 0.3 is 5.97 Å². The summed E-state index contributed by atoms with van der Waals surface area (Å²) in [5.74, 6) is 0.615. The lowest BCUT2D eigenvalue weighted by Gasteiger charge is -2.11. The lowest BCUT2D eigenvalue weighted by molar-refractivity contribution is 0.0691. The largest absolute Gasteiger partial charge is 0.493 e. The third kappa shape index (κ3) is 3.61. The van der Waals surface area contributed by atoms with Crippen LogP contribution in [0.5, 0.6) is 5.75 Å². The molecule has 0 saturated heterocycles. The van der Waals surface area contributed by atoms with E-state index in [2.05, 4.69) is 11.1 Å². The lowest BCUT2D eigenvalue weighted by atomic mass is 10.1. The molecule has 4 nitrogen and oxygen atoms in total. The van der Waals surface area contributed by atoms with Crippen molar-refractivity contribution < 1.29 is 14.6 Å². The maximum Gasteiger partial charge on any atom is 0.355 e. The zero-order valence-corrected chi connectivity index (χ0v) is 12.7. The van der Waals surface area contributed by atoms with E-state index in [0.717, 1.165) is 22.9 Å². The van der Waals surface area contributed by atoms with Crippen LogP contribution in [-0.4, -0.2) is 22.7 Å². The summed E-state index contributed by atoms with van der Waals surface area (Å²) in [4.78, 5) is 15.0. The zero-order chi connectivity index (χ0) is 14.8. The van der Waals surface area contributed by atoms with Gasteiger partial charge in [-0.2, -0.15) is 0 Å². The van der Waals surface area contributed by atoms with E-state index in [1.165, 1.54) is 29.7 Å². The Morgan fingerprint density at radius 1 is 1.48 bits per heavy atom. The molecule has 1 aliphatic rings. The molecule has 0 amide bonds. The van der Waals surface area contributed by atoms with Crippen molar-refractivity contribution in [2.75, 3.05) is 6.61 Å². The zero-order valence-electron chi connectivity index (χ0n) is 11.8.